The van der Waals surface area contributed by atoms with Crippen LogP contribution in [0, 0.1) is 0 Å². The summed E-state index contributed by atoms with van der Waals surface area (Å²) in [4.78, 5) is 13.9. The van der Waals surface area contributed by atoms with Crippen LogP contribution in [0.25, 0.3) is 0 Å². The fourth-order valence-electron chi connectivity index (χ4n) is 2.18. The van der Waals surface area contributed by atoms with Gasteiger partial charge in [0.15, 0.2) is 0 Å². The third-order valence-corrected chi connectivity index (χ3v) is 3.29. The highest BCUT2D eigenvalue weighted by atomic mass is 19.3. The number of hydrogen-bond donors (Lipinski definition) is 1. The van der Waals surface area contributed by atoms with Gasteiger partial charge in [0, 0.05) is 12.2 Å². The van der Waals surface area contributed by atoms with Crippen LogP contribution in [-0.4, -0.2) is 43.3 Å². The van der Waals surface area contributed by atoms with E-state index >= 15 is 0 Å². The Balaban J connectivity index is 1.95. The van der Waals surface area contributed by atoms with Crippen molar-refractivity contribution in [1.29, 1.82) is 0 Å². The van der Waals surface area contributed by atoms with Crippen LogP contribution in [0.4, 0.5) is 19.3 Å². The van der Waals surface area contributed by atoms with E-state index < -0.39 is 6.61 Å². The average Bonchev–Trinajstić information content (AvgIpc) is 2.48. The van der Waals surface area contributed by atoms with Gasteiger partial charge in [-0.05, 0) is 30.7 Å². The molecule has 7 heteroatoms. The number of nitrogens with one attached hydrogen (secondary N) is 1. The van der Waals surface area contributed by atoms with Crippen molar-refractivity contribution in [2.75, 3.05) is 25.1 Å². The van der Waals surface area contributed by atoms with Crippen molar-refractivity contribution in [3.8, 4) is 5.75 Å². The van der Waals surface area contributed by atoms with Gasteiger partial charge in [-0.3, -0.25) is 0 Å². The number of benzene rings is 1. The average molecular weight is 300 g/mol. The Labute approximate surface area is 121 Å². The summed E-state index contributed by atoms with van der Waals surface area (Å²) in [6.07, 6.45) is 0.814. The highest BCUT2D eigenvalue weighted by Crippen LogP contribution is 2.19. The van der Waals surface area contributed by atoms with Gasteiger partial charge < -0.3 is 19.7 Å². The topological polar surface area (TPSA) is 50.8 Å². The Hall–Kier alpha value is -1.89. The van der Waals surface area contributed by atoms with Gasteiger partial charge in [-0.1, -0.05) is 6.92 Å². The number of carbonyl (C=O) groups excluding carboxylic acids is 1. The summed E-state index contributed by atoms with van der Waals surface area (Å²) in [6.45, 7) is 0.729. The third-order valence-electron chi connectivity index (χ3n) is 3.29. The molecule has 21 heavy (non-hydrogen) atoms. The number of ether oxygens (including phenoxy) is 2. The number of amides is 2. The first-order chi connectivity index (χ1) is 10.1. The lowest BCUT2D eigenvalue weighted by Crippen LogP contribution is -2.50. The Morgan fingerprint density at radius 1 is 1.48 bits per heavy atom. The SMILES string of the molecule is CC[C@@H]1COCCN1C(=O)Nc1ccc(OC(F)F)cc1. The highest BCUT2D eigenvalue weighted by Gasteiger charge is 2.25. The minimum absolute atomic E-state index is 0.0557. The summed E-state index contributed by atoms with van der Waals surface area (Å²) in [6, 6.07) is 5.66. The van der Waals surface area contributed by atoms with E-state index in [0.29, 0.717) is 25.4 Å². The molecule has 2 amide bonds. The number of urea groups is 1. The number of anilines is 1. The third kappa shape index (κ3) is 4.29. The Morgan fingerprint density at radius 3 is 2.81 bits per heavy atom. The Kier molecular flexibility index (Phi) is 5.32. The van der Waals surface area contributed by atoms with Crippen LogP contribution in [0.2, 0.25) is 0 Å². The smallest absolute Gasteiger partial charge is 0.387 e. The first kappa shape index (κ1) is 15.5. The van der Waals surface area contributed by atoms with Crippen molar-refractivity contribution in [2.24, 2.45) is 0 Å². The minimum Gasteiger partial charge on any atom is -0.435 e. The van der Waals surface area contributed by atoms with Gasteiger partial charge in [-0.25, -0.2) is 4.79 Å². The Bertz CT molecular complexity index is 468. The van der Waals surface area contributed by atoms with Crippen LogP contribution in [0.5, 0.6) is 5.75 Å². The fourth-order valence-corrected chi connectivity index (χ4v) is 2.18. The predicted molar refractivity (Wildman–Crippen MR) is 73.7 cm³/mol. The Morgan fingerprint density at radius 2 is 2.19 bits per heavy atom. The predicted octanol–water partition coefficient (Wildman–Crippen LogP) is 2.93. The van der Waals surface area contributed by atoms with E-state index in [2.05, 4.69) is 10.1 Å². The number of halogens is 2. The summed E-state index contributed by atoms with van der Waals surface area (Å²) >= 11 is 0. The normalized spacial score (nSPS) is 18.7. The van der Waals surface area contributed by atoms with Crippen LogP contribution in [-0.2, 0) is 4.74 Å². The van der Waals surface area contributed by atoms with Crippen molar-refractivity contribution in [2.45, 2.75) is 26.0 Å². The quantitative estimate of drug-likeness (QED) is 0.930. The van der Waals surface area contributed by atoms with E-state index in [9.17, 15) is 13.6 Å². The zero-order chi connectivity index (χ0) is 15.2. The zero-order valence-corrected chi connectivity index (χ0v) is 11.7. The van der Waals surface area contributed by atoms with Crippen LogP contribution in [0.15, 0.2) is 24.3 Å². The van der Waals surface area contributed by atoms with Crippen LogP contribution in [0.1, 0.15) is 13.3 Å². The molecule has 1 N–H and O–H groups in total. The molecule has 0 bridgehead atoms. The number of hydrogen-bond acceptors (Lipinski definition) is 3. The number of carbonyl (C=O) groups is 1. The van der Waals surface area contributed by atoms with E-state index in [0.717, 1.165) is 6.42 Å². The number of rotatable bonds is 4. The van der Waals surface area contributed by atoms with E-state index in [1.54, 1.807) is 4.90 Å². The monoisotopic (exact) mass is 300 g/mol. The largest absolute Gasteiger partial charge is 0.435 e. The molecule has 0 radical (unpaired) electrons. The molecule has 1 aromatic carbocycles. The maximum absolute atomic E-state index is 12.2. The van der Waals surface area contributed by atoms with Crippen LogP contribution in [0.3, 0.4) is 0 Å². The molecule has 0 aromatic heterocycles. The lowest BCUT2D eigenvalue weighted by Gasteiger charge is -2.35. The summed E-state index contributed by atoms with van der Waals surface area (Å²) in [5, 5.41) is 2.74. The lowest BCUT2D eigenvalue weighted by molar-refractivity contribution is -0.0498. The van der Waals surface area contributed by atoms with E-state index in [4.69, 9.17) is 4.74 Å². The molecule has 0 spiro atoms. The second-order valence-corrected chi connectivity index (χ2v) is 4.66. The molecule has 1 fully saturated rings. The molecular formula is C14H18F2N2O3. The molecule has 1 aliphatic heterocycles. The van der Waals surface area contributed by atoms with Gasteiger partial charge in [0.1, 0.15) is 5.75 Å². The molecule has 1 atom stereocenters. The standard InChI is InChI=1S/C14H18F2N2O3/c1-2-11-9-20-8-7-18(11)14(19)17-10-3-5-12(6-4-10)21-13(15)16/h3-6,11,13H,2,7-9H2,1H3,(H,17,19)/t11-/m1/s1. The minimum atomic E-state index is -2.86. The second-order valence-electron chi connectivity index (χ2n) is 4.66. The van der Waals surface area contributed by atoms with Gasteiger partial charge in [0.2, 0.25) is 0 Å². The number of morpholine rings is 1. The molecule has 5 nitrogen and oxygen atoms in total. The zero-order valence-electron chi connectivity index (χ0n) is 11.7. The molecule has 0 aliphatic carbocycles. The molecule has 1 aromatic rings. The van der Waals surface area contributed by atoms with Crippen LogP contribution >= 0.6 is 0 Å². The second kappa shape index (κ2) is 7.21. The first-order valence-corrected chi connectivity index (χ1v) is 6.80. The van der Waals surface area contributed by atoms with Gasteiger partial charge in [-0.15, -0.1) is 0 Å². The van der Waals surface area contributed by atoms with E-state index in [-0.39, 0.29) is 17.8 Å². The number of nitrogens with zero attached hydrogens (tertiary/aromatic N) is 1. The molecule has 116 valence electrons. The van der Waals surface area contributed by atoms with Crippen molar-refractivity contribution in [1.82, 2.24) is 4.90 Å². The number of alkyl halides is 2. The van der Waals surface area contributed by atoms with Crippen molar-refractivity contribution in [3.63, 3.8) is 0 Å². The molecule has 1 aliphatic rings. The van der Waals surface area contributed by atoms with Crippen LogP contribution < -0.4 is 10.1 Å². The van der Waals surface area contributed by atoms with Gasteiger partial charge in [-0.2, -0.15) is 8.78 Å². The molecule has 1 saturated heterocycles. The van der Waals surface area contributed by atoms with E-state index in [1.165, 1.54) is 24.3 Å². The summed E-state index contributed by atoms with van der Waals surface area (Å²) in [5.41, 5.74) is 0.531. The molecule has 0 unspecified atom stereocenters. The summed E-state index contributed by atoms with van der Waals surface area (Å²) in [5.74, 6) is 0.0563. The van der Waals surface area contributed by atoms with Gasteiger partial charge in [0.05, 0.1) is 19.3 Å². The molecule has 1 heterocycles. The maximum atomic E-state index is 12.2. The lowest BCUT2D eigenvalue weighted by atomic mass is 10.2. The van der Waals surface area contributed by atoms with Crippen molar-refractivity contribution in [3.05, 3.63) is 24.3 Å². The fraction of sp³-hybridized carbons (Fsp3) is 0.500. The molecular weight excluding hydrogens is 282 g/mol. The summed E-state index contributed by atoms with van der Waals surface area (Å²) < 4.78 is 33.7. The maximum Gasteiger partial charge on any atom is 0.387 e. The first-order valence-electron chi connectivity index (χ1n) is 6.80. The highest BCUT2D eigenvalue weighted by molar-refractivity contribution is 5.89. The van der Waals surface area contributed by atoms with Crippen molar-refractivity contribution < 1.29 is 23.0 Å². The van der Waals surface area contributed by atoms with Gasteiger partial charge >= 0.3 is 12.6 Å². The van der Waals surface area contributed by atoms with Crippen molar-refractivity contribution >= 4 is 11.7 Å². The molecule has 0 saturated carbocycles. The summed E-state index contributed by atoms with van der Waals surface area (Å²) in [7, 11) is 0. The molecule has 2 rings (SSSR count). The van der Waals surface area contributed by atoms with Gasteiger partial charge in [0.25, 0.3) is 0 Å². The van der Waals surface area contributed by atoms with E-state index in [1.807, 2.05) is 6.92 Å².